The molecule has 1 heterocycles. The van der Waals surface area contributed by atoms with Crippen molar-refractivity contribution in [3.8, 4) is 0 Å². The maximum atomic E-state index is 12.8. The fraction of sp³-hybridized carbons (Fsp3) is 0.524. The van der Waals surface area contributed by atoms with E-state index in [1.807, 2.05) is 30.3 Å². The van der Waals surface area contributed by atoms with E-state index in [1.54, 1.807) is 11.9 Å². The van der Waals surface area contributed by atoms with Crippen LogP contribution in [0.2, 0.25) is 0 Å². The standard InChI is InChI=1S/C21H28N4O4/c1-2-29-21(28)17-14-18(25(24-17)16-10-4-3-5-11-16)20(27)22-13-12-19(26)23-15-8-6-7-9-15/h3-5,10-11,15,18H,2,6-9,12-14H2,1H3,(H,22,27)(H,23,26). The lowest BCUT2D eigenvalue weighted by molar-refractivity contribution is -0.135. The summed E-state index contributed by atoms with van der Waals surface area (Å²) in [6, 6.07) is 8.82. The number of ether oxygens (including phenoxy) is 1. The zero-order valence-corrected chi connectivity index (χ0v) is 16.7. The van der Waals surface area contributed by atoms with Gasteiger partial charge in [0.25, 0.3) is 0 Å². The lowest BCUT2D eigenvalue weighted by Crippen LogP contribution is -2.44. The van der Waals surface area contributed by atoms with Crippen LogP contribution in [0.4, 0.5) is 5.69 Å². The number of nitrogens with one attached hydrogen (secondary N) is 2. The third kappa shape index (κ3) is 5.56. The van der Waals surface area contributed by atoms with Gasteiger partial charge in [0.05, 0.1) is 12.3 Å². The van der Waals surface area contributed by atoms with E-state index in [0.717, 1.165) is 25.7 Å². The number of hydrogen-bond acceptors (Lipinski definition) is 6. The quantitative estimate of drug-likeness (QED) is 0.648. The van der Waals surface area contributed by atoms with Crippen LogP contribution in [0.5, 0.6) is 0 Å². The van der Waals surface area contributed by atoms with Crippen LogP contribution in [0.1, 0.15) is 45.4 Å². The fourth-order valence-corrected chi connectivity index (χ4v) is 3.66. The van der Waals surface area contributed by atoms with E-state index in [-0.39, 0.29) is 49.6 Å². The number of nitrogens with zero attached hydrogens (tertiary/aromatic N) is 2. The molecule has 1 aliphatic carbocycles. The number of carbonyl (C=O) groups excluding carboxylic acids is 3. The van der Waals surface area contributed by atoms with Crippen LogP contribution < -0.4 is 15.6 Å². The lowest BCUT2D eigenvalue weighted by atomic mass is 10.1. The van der Waals surface area contributed by atoms with Crippen molar-refractivity contribution in [1.29, 1.82) is 0 Å². The molecule has 0 aromatic heterocycles. The molecule has 0 radical (unpaired) electrons. The molecule has 1 atom stereocenters. The Hall–Kier alpha value is -2.90. The first kappa shape index (κ1) is 20.8. The summed E-state index contributed by atoms with van der Waals surface area (Å²) in [7, 11) is 0. The predicted octanol–water partition coefficient (Wildman–Crippen LogP) is 1.75. The molecule has 1 fully saturated rings. The van der Waals surface area contributed by atoms with Gasteiger partial charge in [0.15, 0.2) is 0 Å². The molecule has 1 aromatic carbocycles. The van der Waals surface area contributed by atoms with Gasteiger partial charge in [-0.2, -0.15) is 5.10 Å². The van der Waals surface area contributed by atoms with E-state index in [1.165, 1.54) is 0 Å². The third-order valence-corrected chi connectivity index (χ3v) is 5.12. The molecule has 0 saturated heterocycles. The van der Waals surface area contributed by atoms with Crippen LogP contribution in [0, 0.1) is 0 Å². The lowest BCUT2D eigenvalue weighted by Gasteiger charge is -2.22. The molecule has 2 aliphatic rings. The summed E-state index contributed by atoms with van der Waals surface area (Å²) in [4.78, 5) is 36.9. The Morgan fingerprint density at radius 2 is 1.90 bits per heavy atom. The minimum atomic E-state index is -0.658. The Labute approximate surface area is 170 Å². The normalized spacial score (nSPS) is 19.0. The van der Waals surface area contributed by atoms with Crippen LogP contribution in [-0.2, 0) is 19.1 Å². The second-order valence-electron chi connectivity index (χ2n) is 7.26. The Kier molecular flexibility index (Phi) is 7.21. The van der Waals surface area contributed by atoms with Crippen molar-refractivity contribution in [2.75, 3.05) is 18.2 Å². The molecule has 1 unspecified atom stereocenters. The van der Waals surface area contributed by atoms with Gasteiger partial charge in [-0.3, -0.25) is 14.6 Å². The molecule has 1 aromatic rings. The Balaban J connectivity index is 1.57. The predicted molar refractivity (Wildman–Crippen MR) is 109 cm³/mol. The van der Waals surface area contributed by atoms with Crippen LogP contribution in [-0.4, -0.2) is 48.7 Å². The number of hydrogen-bond donors (Lipinski definition) is 2. The molecule has 8 nitrogen and oxygen atoms in total. The largest absolute Gasteiger partial charge is 0.461 e. The van der Waals surface area contributed by atoms with E-state index < -0.39 is 12.0 Å². The number of carbonyl (C=O) groups is 3. The Morgan fingerprint density at radius 1 is 1.17 bits per heavy atom. The second-order valence-corrected chi connectivity index (χ2v) is 7.26. The van der Waals surface area contributed by atoms with Gasteiger partial charge in [0.1, 0.15) is 11.8 Å². The first-order valence-corrected chi connectivity index (χ1v) is 10.2. The van der Waals surface area contributed by atoms with Crippen LogP contribution in [0.15, 0.2) is 35.4 Å². The summed E-state index contributed by atoms with van der Waals surface area (Å²) in [5, 5.41) is 11.7. The first-order chi connectivity index (χ1) is 14.1. The van der Waals surface area contributed by atoms with Gasteiger partial charge in [0, 0.05) is 25.4 Å². The maximum Gasteiger partial charge on any atom is 0.354 e. The van der Waals surface area contributed by atoms with Gasteiger partial charge >= 0.3 is 5.97 Å². The number of benzene rings is 1. The van der Waals surface area contributed by atoms with Crippen molar-refractivity contribution < 1.29 is 19.1 Å². The summed E-state index contributed by atoms with van der Waals surface area (Å²) in [5.41, 5.74) is 0.931. The minimum absolute atomic E-state index is 0.0491. The highest BCUT2D eigenvalue weighted by Crippen LogP contribution is 2.25. The van der Waals surface area contributed by atoms with Crippen molar-refractivity contribution in [3.05, 3.63) is 30.3 Å². The van der Waals surface area contributed by atoms with E-state index in [2.05, 4.69) is 15.7 Å². The van der Waals surface area contributed by atoms with E-state index >= 15 is 0 Å². The zero-order chi connectivity index (χ0) is 20.6. The summed E-state index contributed by atoms with van der Waals surface area (Å²) in [6.07, 6.45) is 4.75. The number of rotatable bonds is 8. The smallest absolute Gasteiger partial charge is 0.354 e. The van der Waals surface area contributed by atoms with Crippen molar-refractivity contribution in [2.45, 2.75) is 57.5 Å². The highest BCUT2D eigenvalue weighted by atomic mass is 16.5. The Bertz CT molecular complexity index is 759. The second kappa shape index (κ2) is 10.0. The molecule has 1 aliphatic heterocycles. The van der Waals surface area contributed by atoms with Gasteiger partial charge in [-0.25, -0.2) is 4.79 Å². The molecule has 0 bridgehead atoms. The SMILES string of the molecule is CCOC(=O)C1=NN(c2ccccc2)C(C(=O)NCCC(=O)NC2CCCC2)C1. The molecular formula is C21H28N4O4. The average Bonchev–Trinajstić information content (AvgIpc) is 3.38. The first-order valence-electron chi connectivity index (χ1n) is 10.2. The average molecular weight is 400 g/mol. The van der Waals surface area contributed by atoms with E-state index in [9.17, 15) is 14.4 Å². The van der Waals surface area contributed by atoms with Crippen molar-refractivity contribution in [3.63, 3.8) is 0 Å². The molecule has 2 N–H and O–H groups in total. The number of hydrazone groups is 1. The summed E-state index contributed by atoms with van der Waals surface area (Å²) in [5.74, 6) is -0.836. The minimum Gasteiger partial charge on any atom is -0.461 e. The maximum absolute atomic E-state index is 12.8. The van der Waals surface area contributed by atoms with Gasteiger partial charge in [0.2, 0.25) is 11.8 Å². The van der Waals surface area contributed by atoms with Crippen molar-refractivity contribution >= 4 is 29.2 Å². The molecule has 1 saturated carbocycles. The summed E-state index contributed by atoms with van der Waals surface area (Å²) < 4.78 is 5.03. The van der Waals surface area contributed by atoms with Crippen LogP contribution >= 0.6 is 0 Å². The number of amides is 2. The molecule has 8 heteroatoms. The molecule has 156 valence electrons. The molecular weight excluding hydrogens is 372 g/mol. The molecule has 2 amide bonds. The van der Waals surface area contributed by atoms with Crippen molar-refractivity contribution in [1.82, 2.24) is 10.6 Å². The highest BCUT2D eigenvalue weighted by Gasteiger charge is 2.36. The molecule has 0 spiro atoms. The van der Waals surface area contributed by atoms with Gasteiger partial charge in [-0.05, 0) is 31.9 Å². The molecule has 3 rings (SSSR count). The van der Waals surface area contributed by atoms with Gasteiger partial charge in [-0.15, -0.1) is 0 Å². The topological polar surface area (TPSA) is 100 Å². The summed E-state index contributed by atoms with van der Waals surface area (Å²) in [6.45, 7) is 2.21. The number of para-hydroxylation sites is 1. The third-order valence-electron chi connectivity index (χ3n) is 5.12. The van der Waals surface area contributed by atoms with Crippen molar-refractivity contribution in [2.24, 2.45) is 5.10 Å². The monoisotopic (exact) mass is 400 g/mol. The van der Waals surface area contributed by atoms with E-state index in [4.69, 9.17) is 4.74 Å². The Morgan fingerprint density at radius 3 is 2.59 bits per heavy atom. The highest BCUT2D eigenvalue weighted by molar-refractivity contribution is 6.38. The zero-order valence-electron chi connectivity index (χ0n) is 16.7. The van der Waals surface area contributed by atoms with Crippen LogP contribution in [0.3, 0.4) is 0 Å². The van der Waals surface area contributed by atoms with Gasteiger partial charge < -0.3 is 15.4 Å². The summed E-state index contributed by atoms with van der Waals surface area (Å²) >= 11 is 0. The molecule has 29 heavy (non-hydrogen) atoms. The van der Waals surface area contributed by atoms with Gasteiger partial charge in [-0.1, -0.05) is 31.0 Å². The fourth-order valence-electron chi connectivity index (χ4n) is 3.66. The number of anilines is 1. The van der Waals surface area contributed by atoms with Crippen LogP contribution in [0.25, 0.3) is 0 Å². The number of esters is 1. The van der Waals surface area contributed by atoms with E-state index in [0.29, 0.717) is 5.69 Å².